The molecule has 0 unspecified atom stereocenters. The Morgan fingerprint density at radius 3 is 2.96 bits per heavy atom. The van der Waals surface area contributed by atoms with Crippen molar-refractivity contribution in [2.24, 2.45) is 0 Å². The van der Waals surface area contributed by atoms with E-state index in [-0.39, 0.29) is 17.6 Å². The van der Waals surface area contributed by atoms with Crippen LogP contribution in [0.1, 0.15) is 36.0 Å². The minimum Gasteiger partial charge on any atom is -0.504 e. The lowest BCUT2D eigenvalue weighted by Gasteiger charge is -2.62. The van der Waals surface area contributed by atoms with Gasteiger partial charge in [0.2, 0.25) is 0 Å². The summed E-state index contributed by atoms with van der Waals surface area (Å²) in [5.41, 5.74) is 1.43. The van der Waals surface area contributed by atoms with Crippen molar-refractivity contribution in [1.29, 1.82) is 0 Å². The lowest BCUT2D eigenvalue weighted by molar-refractivity contribution is -0.185. The number of ketones is 1. The zero-order valence-corrected chi connectivity index (χ0v) is 13.4. The first-order valence-electron chi connectivity index (χ1n) is 8.38. The molecule has 2 N–H and O–H groups in total. The molecule has 5 nitrogen and oxygen atoms in total. The Morgan fingerprint density at radius 1 is 1.39 bits per heavy atom. The van der Waals surface area contributed by atoms with Gasteiger partial charge in [0.05, 0.1) is 11.0 Å². The third kappa shape index (κ3) is 1.28. The summed E-state index contributed by atoms with van der Waals surface area (Å²) in [7, 11) is 2.05. The Balaban J connectivity index is 1.90. The van der Waals surface area contributed by atoms with Gasteiger partial charge in [0.25, 0.3) is 0 Å². The largest absolute Gasteiger partial charge is 0.504 e. The van der Waals surface area contributed by atoms with E-state index in [0.717, 1.165) is 29.7 Å². The Bertz CT molecular complexity index is 760. The highest BCUT2D eigenvalue weighted by Crippen LogP contribution is 2.65. The third-order valence-electron chi connectivity index (χ3n) is 6.88. The first-order chi connectivity index (χ1) is 10.9. The SMILES string of the molecule is Cc1cc(O)c2c3c1C[C@H]1N(C)CC[C@@]34[C@@H](O2)C(=O)CC[C@@]14O. The second kappa shape index (κ2) is 3.90. The van der Waals surface area contributed by atoms with Crippen LogP contribution in [-0.4, -0.2) is 52.2 Å². The van der Waals surface area contributed by atoms with Gasteiger partial charge in [-0.15, -0.1) is 0 Å². The summed E-state index contributed by atoms with van der Waals surface area (Å²) in [6.07, 6.45) is 1.60. The number of phenolic OH excluding ortho intramolecular Hbond substituents is 1. The van der Waals surface area contributed by atoms with E-state index in [9.17, 15) is 15.0 Å². The number of piperidine rings is 1. The van der Waals surface area contributed by atoms with Crippen LogP contribution >= 0.6 is 0 Å². The van der Waals surface area contributed by atoms with Crippen molar-refractivity contribution in [2.45, 2.75) is 55.8 Å². The van der Waals surface area contributed by atoms with Gasteiger partial charge in [-0.1, -0.05) is 0 Å². The molecule has 2 aliphatic carbocycles. The zero-order valence-electron chi connectivity index (χ0n) is 13.4. The van der Waals surface area contributed by atoms with Crippen LogP contribution in [0.2, 0.25) is 0 Å². The number of ether oxygens (including phenoxy) is 1. The molecule has 4 atom stereocenters. The summed E-state index contributed by atoms with van der Waals surface area (Å²) in [5, 5.41) is 22.1. The summed E-state index contributed by atoms with van der Waals surface area (Å²) in [6, 6.07) is 1.73. The quantitative estimate of drug-likeness (QED) is 0.749. The van der Waals surface area contributed by atoms with Crippen molar-refractivity contribution in [2.75, 3.05) is 13.6 Å². The number of aryl methyl sites for hydroxylation is 1. The molecule has 0 radical (unpaired) electrons. The lowest BCUT2D eigenvalue weighted by Crippen LogP contribution is -2.76. The number of nitrogens with zero attached hydrogens (tertiary/aromatic N) is 1. The van der Waals surface area contributed by atoms with E-state index >= 15 is 0 Å². The van der Waals surface area contributed by atoms with Gasteiger partial charge < -0.3 is 19.8 Å². The maximum atomic E-state index is 12.6. The van der Waals surface area contributed by atoms with E-state index in [2.05, 4.69) is 11.9 Å². The molecule has 23 heavy (non-hydrogen) atoms. The van der Waals surface area contributed by atoms with Crippen molar-refractivity contribution in [3.8, 4) is 11.5 Å². The molecule has 5 rings (SSSR count). The highest BCUT2D eigenvalue weighted by Gasteiger charge is 2.72. The van der Waals surface area contributed by atoms with E-state index in [1.807, 2.05) is 6.92 Å². The van der Waals surface area contributed by atoms with Crippen molar-refractivity contribution in [3.05, 3.63) is 22.8 Å². The number of hydrogen-bond donors (Lipinski definition) is 2. The van der Waals surface area contributed by atoms with Gasteiger partial charge in [-0.2, -0.15) is 0 Å². The topological polar surface area (TPSA) is 70.0 Å². The van der Waals surface area contributed by atoms with E-state index in [1.54, 1.807) is 6.07 Å². The van der Waals surface area contributed by atoms with Crippen LogP contribution in [0.3, 0.4) is 0 Å². The minimum atomic E-state index is -0.961. The Hall–Kier alpha value is -1.59. The van der Waals surface area contributed by atoms with Gasteiger partial charge in [0, 0.05) is 18.0 Å². The molecular weight excluding hydrogens is 294 g/mol. The van der Waals surface area contributed by atoms with Gasteiger partial charge in [-0.05, 0) is 57.0 Å². The van der Waals surface area contributed by atoms with Crippen molar-refractivity contribution in [1.82, 2.24) is 4.90 Å². The molecule has 2 bridgehead atoms. The maximum Gasteiger partial charge on any atom is 0.174 e. The first-order valence-corrected chi connectivity index (χ1v) is 8.38. The third-order valence-corrected chi connectivity index (χ3v) is 6.88. The normalized spacial score (nSPS) is 40.7. The molecular formula is C18H21NO4. The van der Waals surface area contributed by atoms with E-state index in [4.69, 9.17) is 4.74 Å². The molecule has 2 fully saturated rings. The fourth-order valence-corrected chi connectivity index (χ4v) is 5.80. The van der Waals surface area contributed by atoms with Gasteiger partial charge in [-0.25, -0.2) is 0 Å². The first kappa shape index (κ1) is 13.8. The molecule has 122 valence electrons. The monoisotopic (exact) mass is 315 g/mol. The second-order valence-corrected chi connectivity index (χ2v) is 7.71. The average Bonchev–Trinajstić information content (AvgIpc) is 2.85. The summed E-state index contributed by atoms with van der Waals surface area (Å²) in [4.78, 5) is 14.8. The van der Waals surface area contributed by atoms with Crippen LogP contribution in [0.4, 0.5) is 0 Å². The molecule has 1 aromatic carbocycles. The highest BCUT2D eigenvalue weighted by molar-refractivity contribution is 5.90. The molecule has 4 aliphatic rings. The number of carbonyl (C=O) groups excluding carboxylic acids is 1. The molecule has 1 spiro atoms. The number of hydrogen-bond acceptors (Lipinski definition) is 5. The minimum absolute atomic E-state index is 0.00265. The molecule has 0 aromatic heterocycles. The maximum absolute atomic E-state index is 12.6. The lowest BCUT2D eigenvalue weighted by atomic mass is 9.49. The summed E-state index contributed by atoms with van der Waals surface area (Å²) in [6.45, 7) is 2.82. The Labute approximate surface area is 134 Å². The van der Waals surface area contributed by atoms with Crippen molar-refractivity contribution < 1.29 is 19.7 Å². The number of carbonyl (C=O) groups is 1. The van der Waals surface area contributed by atoms with Gasteiger partial charge >= 0.3 is 0 Å². The number of aromatic hydroxyl groups is 1. The predicted molar refractivity (Wildman–Crippen MR) is 82.9 cm³/mol. The van der Waals surface area contributed by atoms with E-state index < -0.39 is 17.1 Å². The van der Waals surface area contributed by atoms with E-state index in [0.29, 0.717) is 25.0 Å². The van der Waals surface area contributed by atoms with Crippen LogP contribution in [0, 0.1) is 6.92 Å². The molecule has 5 heteroatoms. The highest BCUT2D eigenvalue weighted by atomic mass is 16.5. The number of likely N-dealkylation sites (N-methyl/N-ethyl adjacent to an activating group) is 1. The number of Topliss-reactive ketones (excluding diaryl/α,β-unsaturated/α-hetero) is 1. The second-order valence-electron chi connectivity index (χ2n) is 7.71. The fourth-order valence-electron chi connectivity index (χ4n) is 5.80. The number of benzene rings is 1. The smallest absolute Gasteiger partial charge is 0.174 e. The van der Waals surface area contributed by atoms with Crippen LogP contribution in [0.25, 0.3) is 0 Å². The van der Waals surface area contributed by atoms with Crippen molar-refractivity contribution in [3.63, 3.8) is 0 Å². The van der Waals surface area contributed by atoms with Gasteiger partial charge in [0.1, 0.15) is 0 Å². The molecule has 0 amide bonds. The Kier molecular flexibility index (Phi) is 2.34. The van der Waals surface area contributed by atoms with Gasteiger partial charge in [0.15, 0.2) is 23.4 Å². The summed E-state index contributed by atoms with van der Waals surface area (Å²) < 4.78 is 6.00. The van der Waals surface area contributed by atoms with Crippen LogP contribution < -0.4 is 4.74 Å². The Morgan fingerprint density at radius 2 is 2.17 bits per heavy atom. The molecule has 1 aromatic rings. The number of likely N-dealkylation sites (tertiary alicyclic amines) is 1. The predicted octanol–water partition coefficient (Wildman–Crippen LogP) is 1.05. The van der Waals surface area contributed by atoms with Crippen LogP contribution in [-0.2, 0) is 16.6 Å². The molecule has 1 saturated carbocycles. The van der Waals surface area contributed by atoms with Crippen LogP contribution in [0.5, 0.6) is 11.5 Å². The fraction of sp³-hybridized carbons (Fsp3) is 0.611. The summed E-state index contributed by atoms with van der Waals surface area (Å²) >= 11 is 0. The summed E-state index contributed by atoms with van der Waals surface area (Å²) in [5.74, 6) is 0.587. The zero-order chi connectivity index (χ0) is 16.1. The number of aliphatic hydroxyl groups is 1. The van der Waals surface area contributed by atoms with Crippen LogP contribution in [0.15, 0.2) is 6.07 Å². The number of rotatable bonds is 0. The molecule has 1 saturated heterocycles. The van der Waals surface area contributed by atoms with Crippen molar-refractivity contribution >= 4 is 5.78 Å². The molecule has 2 aliphatic heterocycles. The van der Waals surface area contributed by atoms with E-state index in [1.165, 1.54) is 0 Å². The standard InChI is InChI=1S/C18H21NO4/c1-9-7-12(21)15-14-10(9)8-13-18(22)4-3-11(20)16(23-15)17(14,18)5-6-19(13)2/h7,13,16,21-22H,3-6,8H2,1-2H3/t13-,16+,17+,18-/m1/s1. The number of phenols is 1. The van der Waals surface area contributed by atoms with Gasteiger partial charge in [-0.3, -0.25) is 4.79 Å². The average molecular weight is 315 g/mol. The molecule has 2 heterocycles.